The molecule has 2 nitrogen and oxygen atoms in total. The molecule has 1 aliphatic carbocycles. The second-order valence-electron chi connectivity index (χ2n) is 12.7. The molecule has 1 unspecified atom stereocenters. The average molecular weight is 567 g/mol. The number of carbonyl (C=O) groups is 1. The maximum atomic E-state index is 13.2. The van der Waals surface area contributed by atoms with Gasteiger partial charge in [-0.05, 0) is 97.6 Å². The molecule has 1 aliphatic rings. The van der Waals surface area contributed by atoms with Crippen molar-refractivity contribution in [3.05, 3.63) is 90.0 Å². The van der Waals surface area contributed by atoms with Gasteiger partial charge in [0.05, 0.1) is 5.92 Å². The van der Waals surface area contributed by atoms with Crippen LogP contribution in [0.1, 0.15) is 127 Å². The van der Waals surface area contributed by atoms with Gasteiger partial charge in [0.2, 0.25) is 0 Å². The fourth-order valence-corrected chi connectivity index (χ4v) is 6.71. The highest BCUT2D eigenvalue weighted by Gasteiger charge is 2.23. The van der Waals surface area contributed by atoms with Crippen LogP contribution in [0.5, 0.6) is 5.75 Å². The fraction of sp³-hybridized carbons (Fsp3) is 0.525. The lowest BCUT2D eigenvalue weighted by Gasteiger charge is -2.29. The minimum atomic E-state index is -0.0601. The first-order chi connectivity index (χ1) is 20.7. The predicted molar refractivity (Wildman–Crippen MR) is 178 cm³/mol. The van der Waals surface area contributed by atoms with Crippen molar-refractivity contribution < 1.29 is 9.53 Å². The molecule has 0 aliphatic heterocycles. The largest absolute Gasteiger partial charge is 0.426 e. The highest BCUT2D eigenvalue weighted by atomic mass is 16.5. The van der Waals surface area contributed by atoms with Crippen molar-refractivity contribution in [3.63, 3.8) is 0 Å². The Balaban J connectivity index is 1.21. The topological polar surface area (TPSA) is 26.3 Å². The Bertz CT molecular complexity index is 1140. The van der Waals surface area contributed by atoms with E-state index in [-0.39, 0.29) is 11.9 Å². The predicted octanol–water partition coefficient (Wildman–Crippen LogP) is 11.7. The fourth-order valence-electron chi connectivity index (χ4n) is 6.71. The molecule has 226 valence electrons. The molecule has 1 saturated carbocycles. The van der Waals surface area contributed by atoms with Crippen LogP contribution in [-0.4, -0.2) is 5.97 Å². The van der Waals surface area contributed by atoms with Crippen molar-refractivity contribution in [2.24, 2.45) is 11.8 Å². The Hall–Kier alpha value is -2.87. The molecular weight excluding hydrogens is 512 g/mol. The summed E-state index contributed by atoms with van der Waals surface area (Å²) in [6, 6.07) is 27.8. The van der Waals surface area contributed by atoms with E-state index in [4.69, 9.17) is 4.74 Å². The van der Waals surface area contributed by atoms with Gasteiger partial charge >= 0.3 is 5.97 Å². The Morgan fingerprint density at radius 2 is 1.33 bits per heavy atom. The summed E-state index contributed by atoms with van der Waals surface area (Å²) in [5, 5.41) is 0. The second-order valence-corrected chi connectivity index (χ2v) is 12.7. The molecule has 1 atom stereocenters. The van der Waals surface area contributed by atoms with Crippen molar-refractivity contribution in [1.82, 2.24) is 0 Å². The van der Waals surface area contributed by atoms with E-state index in [1.165, 1.54) is 86.5 Å². The molecular formula is C40H54O2. The Morgan fingerprint density at radius 3 is 2.02 bits per heavy atom. The SMILES string of the molecule is CCCCCCC[C@H]1CC[C@H](c2ccc(OC(=O)C(CCCC)CCCc3ccc(-c4ccccc4)cc3)cc2)CC1. The van der Waals surface area contributed by atoms with Crippen molar-refractivity contribution in [2.75, 3.05) is 0 Å². The summed E-state index contributed by atoms with van der Waals surface area (Å²) in [5.41, 5.74) is 5.23. The van der Waals surface area contributed by atoms with Gasteiger partial charge in [-0.15, -0.1) is 0 Å². The van der Waals surface area contributed by atoms with E-state index in [1.807, 2.05) is 12.1 Å². The quantitative estimate of drug-likeness (QED) is 0.0922. The molecule has 0 heterocycles. The summed E-state index contributed by atoms with van der Waals surface area (Å²) < 4.78 is 5.93. The maximum Gasteiger partial charge on any atom is 0.314 e. The van der Waals surface area contributed by atoms with Crippen molar-refractivity contribution >= 4 is 5.97 Å². The first kappa shape index (κ1) is 32.1. The molecule has 3 aromatic rings. The number of carbonyl (C=O) groups excluding carboxylic acids is 1. The smallest absolute Gasteiger partial charge is 0.314 e. The van der Waals surface area contributed by atoms with Gasteiger partial charge in [0.15, 0.2) is 0 Å². The van der Waals surface area contributed by atoms with Crippen LogP contribution in [0.15, 0.2) is 78.9 Å². The van der Waals surface area contributed by atoms with Crippen molar-refractivity contribution in [3.8, 4) is 16.9 Å². The molecule has 0 aromatic heterocycles. The minimum absolute atomic E-state index is 0.0366. The number of benzene rings is 3. The summed E-state index contributed by atoms with van der Waals surface area (Å²) in [4.78, 5) is 13.2. The number of hydrogen-bond acceptors (Lipinski definition) is 2. The summed E-state index contributed by atoms with van der Waals surface area (Å²) in [7, 11) is 0. The lowest BCUT2D eigenvalue weighted by Crippen LogP contribution is -2.21. The van der Waals surface area contributed by atoms with Crippen LogP contribution in [-0.2, 0) is 11.2 Å². The summed E-state index contributed by atoms with van der Waals surface area (Å²) in [5.74, 6) is 2.19. The average Bonchev–Trinajstić information content (AvgIpc) is 3.04. The summed E-state index contributed by atoms with van der Waals surface area (Å²) >= 11 is 0. The van der Waals surface area contributed by atoms with Crippen LogP contribution < -0.4 is 4.74 Å². The van der Waals surface area contributed by atoms with E-state index in [9.17, 15) is 4.79 Å². The molecule has 0 bridgehead atoms. The molecule has 0 radical (unpaired) electrons. The zero-order valence-corrected chi connectivity index (χ0v) is 26.4. The van der Waals surface area contributed by atoms with Crippen LogP contribution in [0.4, 0.5) is 0 Å². The van der Waals surface area contributed by atoms with E-state index in [2.05, 4.69) is 80.6 Å². The number of unbranched alkanes of at least 4 members (excludes halogenated alkanes) is 5. The lowest BCUT2D eigenvalue weighted by molar-refractivity contribution is -0.139. The van der Waals surface area contributed by atoms with Crippen LogP contribution in [0.25, 0.3) is 11.1 Å². The van der Waals surface area contributed by atoms with Gasteiger partial charge in [0, 0.05) is 0 Å². The van der Waals surface area contributed by atoms with Crippen LogP contribution >= 0.6 is 0 Å². The van der Waals surface area contributed by atoms with Gasteiger partial charge in [-0.25, -0.2) is 0 Å². The highest BCUT2D eigenvalue weighted by Crippen LogP contribution is 2.38. The number of hydrogen-bond donors (Lipinski definition) is 0. The molecule has 1 fully saturated rings. The van der Waals surface area contributed by atoms with Gasteiger partial charge in [-0.1, -0.05) is 132 Å². The molecule has 0 amide bonds. The van der Waals surface area contributed by atoms with Gasteiger partial charge in [-0.3, -0.25) is 4.79 Å². The van der Waals surface area contributed by atoms with E-state index in [0.717, 1.165) is 44.4 Å². The van der Waals surface area contributed by atoms with Gasteiger partial charge in [-0.2, -0.15) is 0 Å². The Kier molecular flexibility index (Phi) is 13.7. The number of esters is 1. The number of ether oxygens (including phenoxy) is 1. The zero-order valence-electron chi connectivity index (χ0n) is 26.4. The van der Waals surface area contributed by atoms with Crippen LogP contribution in [0.2, 0.25) is 0 Å². The first-order valence-electron chi connectivity index (χ1n) is 17.1. The number of rotatable bonds is 17. The second kappa shape index (κ2) is 17.9. The summed E-state index contributed by atoms with van der Waals surface area (Å²) in [6.45, 7) is 4.48. The van der Waals surface area contributed by atoms with Gasteiger partial charge < -0.3 is 4.74 Å². The third-order valence-corrected chi connectivity index (χ3v) is 9.45. The first-order valence-corrected chi connectivity index (χ1v) is 17.1. The van der Waals surface area contributed by atoms with E-state index >= 15 is 0 Å². The molecule has 2 heteroatoms. The van der Waals surface area contributed by atoms with Crippen molar-refractivity contribution in [2.45, 2.75) is 122 Å². The van der Waals surface area contributed by atoms with Gasteiger partial charge in [0.25, 0.3) is 0 Å². The third-order valence-electron chi connectivity index (χ3n) is 9.45. The monoisotopic (exact) mass is 566 g/mol. The zero-order chi connectivity index (χ0) is 29.4. The van der Waals surface area contributed by atoms with Crippen LogP contribution in [0, 0.1) is 11.8 Å². The van der Waals surface area contributed by atoms with E-state index < -0.39 is 0 Å². The normalized spacial score (nSPS) is 17.6. The third kappa shape index (κ3) is 10.4. The molecule has 3 aromatic carbocycles. The van der Waals surface area contributed by atoms with Crippen LogP contribution in [0.3, 0.4) is 0 Å². The molecule has 4 rings (SSSR count). The van der Waals surface area contributed by atoms with Crippen molar-refractivity contribution in [1.29, 1.82) is 0 Å². The van der Waals surface area contributed by atoms with E-state index in [1.54, 1.807) is 0 Å². The molecule has 0 spiro atoms. The molecule has 0 saturated heterocycles. The van der Waals surface area contributed by atoms with E-state index in [0.29, 0.717) is 11.7 Å². The maximum absolute atomic E-state index is 13.2. The Labute approximate surface area is 256 Å². The summed E-state index contributed by atoms with van der Waals surface area (Å²) in [6.07, 6.45) is 19.6. The molecule has 42 heavy (non-hydrogen) atoms. The highest BCUT2D eigenvalue weighted by molar-refractivity contribution is 5.75. The Morgan fingerprint density at radius 1 is 0.690 bits per heavy atom. The molecule has 0 N–H and O–H groups in total. The lowest BCUT2D eigenvalue weighted by atomic mass is 9.77. The minimum Gasteiger partial charge on any atom is -0.426 e. The standard InChI is InChI=1S/C40H54O2/c1-3-5-7-8-10-14-32-20-26-36(27-21-32)37-28-30-39(31-29-37)42-40(41)38(16-6-4-2)19-13-15-33-22-24-35(25-23-33)34-17-11-9-12-18-34/h9,11-12,17-18,22-25,28-32,36,38H,3-8,10,13-16,19-21,26-27H2,1-2H3/t32-,36-,38?. The number of aryl methyl sites for hydroxylation is 1. The van der Waals surface area contributed by atoms with Gasteiger partial charge in [0.1, 0.15) is 5.75 Å².